The lowest BCUT2D eigenvalue weighted by atomic mass is 9.96. The van der Waals surface area contributed by atoms with Gasteiger partial charge in [-0.2, -0.15) is 11.3 Å². The highest BCUT2D eigenvalue weighted by molar-refractivity contribution is 7.08. The fourth-order valence-corrected chi connectivity index (χ4v) is 3.20. The molecule has 1 aliphatic heterocycles. The fourth-order valence-electron chi connectivity index (χ4n) is 2.57. The maximum Gasteiger partial charge on any atom is 0.254 e. The van der Waals surface area contributed by atoms with Crippen LogP contribution in [0.2, 0.25) is 0 Å². The van der Waals surface area contributed by atoms with Crippen LogP contribution in [-0.4, -0.2) is 35.7 Å². The Hall–Kier alpha value is -1.89. The van der Waals surface area contributed by atoms with Crippen LogP contribution in [0.4, 0.5) is 0 Å². The van der Waals surface area contributed by atoms with Crippen LogP contribution in [0.1, 0.15) is 43.5 Å². The summed E-state index contributed by atoms with van der Waals surface area (Å²) in [7, 11) is 0. The molecule has 6 nitrogen and oxygen atoms in total. The molecule has 23 heavy (non-hydrogen) atoms. The van der Waals surface area contributed by atoms with E-state index < -0.39 is 0 Å². The first-order chi connectivity index (χ1) is 11.0. The van der Waals surface area contributed by atoms with Crippen molar-refractivity contribution in [3.63, 3.8) is 0 Å². The quantitative estimate of drug-likeness (QED) is 0.822. The number of nitrogens with zero attached hydrogens (tertiary/aromatic N) is 1. The van der Waals surface area contributed by atoms with Crippen molar-refractivity contribution in [2.75, 3.05) is 13.1 Å². The minimum Gasteiger partial charge on any atom is -0.339 e. The Morgan fingerprint density at radius 1 is 1.26 bits per heavy atom. The van der Waals surface area contributed by atoms with E-state index in [1.165, 1.54) is 11.3 Å². The first-order valence-electron chi connectivity index (χ1n) is 7.87. The van der Waals surface area contributed by atoms with Crippen molar-refractivity contribution >= 4 is 29.1 Å². The van der Waals surface area contributed by atoms with Crippen molar-refractivity contribution < 1.29 is 14.4 Å². The number of nitrogens with one attached hydrogen (secondary N) is 2. The Morgan fingerprint density at radius 3 is 2.52 bits per heavy atom. The molecule has 0 aliphatic carbocycles. The van der Waals surface area contributed by atoms with Gasteiger partial charge in [0.2, 0.25) is 11.8 Å². The van der Waals surface area contributed by atoms with Gasteiger partial charge in [0.05, 0.1) is 5.56 Å². The summed E-state index contributed by atoms with van der Waals surface area (Å²) in [5.74, 6) is -0.252. The number of hydrogen-bond donors (Lipinski definition) is 2. The van der Waals surface area contributed by atoms with Crippen molar-refractivity contribution in [2.24, 2.45) is 11.8 Å². The van der Waals surface area contributed by atoms with E-state index >= 15 is 0 Å². The lowest BCUT2D eigenvalue weighted by molar-refractivity contribution is -0.132. The minimum absolute atomic E-state index is 0.0235. The average Bonchev–Trinajstić information content (AvgIpc) is 3.06. The van der Waals surface area contributed by atoms with Gasteiger partial charge in [0.25, 0.3) is 5.91 Å². The maximum atomic E-state index is 12.2. The summed E-state index contributed by atoms with van der Waals surface area (Å²) in [6.45, 7) is 5.02. The number of carbonyl (C=O) groups is 3. The zero-order chi connectivity index (χ0) is 16.8. The molecule has 1 aromatic heterocycles. The molecule has 0 bridgehead atoms. The lowest BCUT2D eigenvalue weighted by Gasteiger charge is -2.31. The van der Waals surface area contributed by atoms with Gasteiger partial charge in [0, 0.05) is 30.8 Å². The predicted molar refractivity (Wildman–Crippen MR) is 88.7 cm³/mol. The Morgan fingerprint density at radius 2 is 1.96 bits per heavy atom. The van der Waals surface area contributed by atoms with E-state index in [9.17, 15) is 14.4 Å². The fraction of sp³-hybridized carbons (Fsp3) is 0.562. The summed E-state index contributed by atoms with van der Waals surface area (Å²) >= 11 is 1.50. The molecule has 0 saturated carbocycles. The van der Waals surface area contributed by atoms with Crippen LogP contribution in [0.3, 0.4) is 0 Å². The predicted octanol–water partition coefficient (Wildman–Crippen LogP) is 1.79. The molecular weight excluding hydrogens is 314 g/mol. The molecule has 3 amide bonds. The zero-order valence-corrected chi connectivity index (χ0v) is 14.3. The number of rotatable bonds is 4. The number of hydrogen-bond acceptors (Lipinski definition) is 4. The molecule has 2 rings (SSSR count). The highest BCUT2D eigenvalue weighted by Gasteiger charge is 2.28. The zero-order valence-electron chi connectivity index (χ0n) is 13.5. The van der Waals surface area contributed by atoms with Crippen molar-refractivity contribution in [3.8, 4) is 0 Å². The third-order valence-corrected chi connectivity index (χ3v) is 4.52. The highest BCUT2D eigenvalue weighted by atomic mass is 32.1. The van der Waals surface area contributed by atoms with E-state index in [4.69, 9.17) is 0 Å². The van der Waals surface area contributed by atoms with Crippen LogP contribution in [0.15, 0.2) is 16.8 Å². The molecule has 2 N–H and O–H groups in total. The Balaban J connectivity index is 1.74. The van der Waals surface area contributed by atoms with Crippen LogP contribution >= 0.6 is 11.3 Å². The van der Waals surface area contributed by atoms with Crippen LogP contribution < -0.4 is 10.9 Å². The first kappa shape index (κ1) is 17.5. The number of amides is 3. The second-order valence-electron chi connectivity index (χ2n) is 6.21. The van der Waals surface area contributed by atoms with Crippen molar-refractivity contribution in [3.05, 3.63) is 22.4 Å². The van der Waals surface area contributed by atoms with E-state index in [2.05, 4.69) is 10.9 Å². The summed E-state index contributed by atoms with van der Waals surface area (Å²) in [4.78, 5) is 37.6. The van der Waals surface area contributed by atoms with Gasteiger partial charge >= 0.3 is 0 Å². The summed E-state index contributed by atoms with van der Waals surface area (Å²) in [6.07, 6.45) is 1.61. The van der Waals surface area contributed by atoms with E-state index in [1.54, 1.807) is 4.90 Å². The van der Waals surface area contributed by atoms with Crippen LogP contribution in [0, 0.1) is 11.8 Å². The largest absolute Gasteiger partial charge is 0.339 e. The standard InChI is InChI=1S/C16H23N3O3S/c1-11(2)9-14(20)17-18-15(21)12-3-6-19(7-4-12)16(22)13-5-8-23-10-13/h5,8,10-12H,3-4,6-7,9H2,1-2H3,(H,17,20)(H,18,21). The van der Waals surface area contributed by atoms with Gasteiger partial charge in [-0.25, -0.2) is 0 Å². The molecule has 1 aromatic rings. The topological polar surface area (TPSA) is 78.5 Å². The van der Waals surface area contributed by atoms with E-state index in [0.29, 0.717) is 37.9 Å². The van der Waals surface area contributed by atoms with Gasteiger partial charge in [-0.3, -0.25) is 25.2 Å². The molecule has 0 spiro atoms. The smallest absolute Gasteiger partial charge is 0.254 e. The van der Waals surface area contributed by atoms with Crippen molar-refractivity contribution in [1.29, 1.82) is 0 Å². The number of likely N-dealkylation sites (tertiary alicyclic amines) is 1. The molecule has 0 unspecified atom stereocenters. The Bertz CT molecular complexity index is 549. The van der Waals surface area contributed by atoms with Crippen molar-refractivity contribution in [2.45, 2.75) is 33.1 Å². The number of carbonyl (C=O) groups excluding carboxylic acids is 3. The molecule has 0 radical (unpaired) electrons. The molecule has 2 heterocycles. The normalized spacial score (nSPS) is 15.5. The van der Waals surface area contributed by atoms with E-state index in [0.717, 1.165) is 0 Å². The van der Waals surface area contributed by atoms with E-state index in [1.807, 2.05) is 30.7 Å². The van der Waals surface area contributed by atoms with Crippen LogP contribution in [0.25, 0.3) is 0 Å². The SMILES string of the molecule is CC(C)CC(=O)NNC(=O)C1CCN(C(=O)c2ccsc2)CC1. The summed E-state index contributed by atoms with van der Waals surface area (Å²) in [5.41, 5.74) is 5.65. The lowest BCUT2D eigenvalue weighted by Crippen LogP contribution is -2.48. The van der Waals surface area contributed by atoms with Crippen molar-refractivity contribution in [1.82, 2.24) is 15.8 Å². The number of piperidine rings is 1. The molecule has 7 heteroatoms. The molecular formula is C16H23N3O3S. The maximum absolute atomic E-state index is 12.2. The van der Waals surface area contributed by atoms with Gasteiger partial charge in [-0.05, 0) is 30.2 Å². The number of hydrazine groups is 1. The minimum atomic E-state index is -0.182. The number of thiophene rings is 1. The average molecular weight is 337 g/mol. The summed E-state index contributed by atoms with van der Waals surface area (Å²) < 4.78 is 0. The van der Waals surface area contributed by atoms with Gasteiger partial charge in [-0.15, -0.1) is 0 Å². The first-order valence-corrected chi connectivity index (χ1v) is 8.82. The molecule has 1 fully saturated rings. The summed E-state index contributed by atoms with van der Waals surface area (Å²) in [6, 6.07) is 1.82. The Labute approximate surface area is 140 Å². The second-order valence-corrected chi connectivity index (χ2v) is 6.99. The van der Waals surface area contributed by atoms with Crippen LogP contribution in [0.5, 0.6) is 0 Å². The van der Waals surface area contributed by atoms with Gasteiger partial charge in [0.1, 0.15) is 0 Å². The third-order valence-electron chi connectivity index (χ3n) is 3.84. The molecule has 1 saturated heterocycles. The molecule has 1 aliphatic rings. The van der Waals surface area contributed by atoms with Gasteiger partial charge in [-0.1, -0.05) is 13.8 Å². The summed E-state index contributed by atoms with van der Waals surface area (Å²) in [5, 5.41) is 3.72. The highest BCUT2D eigenvalue weighted by Crippen LogP contribution is 2.20. The second kappa shape index (κ2) is 8.10. The molecule has 126 valence electrons. The molecule has 0 aromatic carbocycles. The van der Waals surface area contributed by atoms with Gasteiger partial charge in [0.15, 0.2) is 0 Å². The Kier molecular flexibility index (Phi) is 6.15. The monoisotopic (exact) mass is 337 g/mol. The van der Waals surface area contributed by atoms with Gasteiger partial charge < -0.3 is 4.90 Å². The third kappa shape index (κ3) is 5.06. The van der Waals surface area contributed by atoms with E-state index in [-0.39, 0.29) is 29.6 Å². The van der Waals surface area contributed by atoms with Crippen LogP contribution in [-0.2, 0) is 9.59 Å². The molecule has 0 atom stereocenters.